The summed E-state index contributed by atoms with van der Waals surface area (Å²) in [7, 11) is -2.40. The molecule has 19 heavy (non-hydrogen) atoms. The van der Waals surface area contributed by atoms with E-state index in [1.54, 1.807) is 13.8 Å². The zero-order valence-corrected chi connectivity index (χ0v) is 12.0. The molecular weight excluding hydrogens is 269 g/mol. The van der Waals surface area contributed by atoms with Crippen LogP contribution in [0.25, 0.3) is 0 Å². The molecular formula is C12H18FN3O2S. The van der Waals surface area contributed by atoms with Gasteiger partial charge in [-0.3, -0.25) is 5.41 Å². The van der Waals surface area contributed by atoms with Crippen LogP contribution in [0.4, 0.5) is 4.39 Å². The Morgan fingerprint density at radius 1 is 1.53 bits per heavy atom. The SMILES string of the molecule is Cc1ccc(F)cc1S(=O)(=O)N(C)C(C)CC(=N)N. The van der Waals surface area contributed by atoms with E-state index >= 15 is 0 Å². The van der Waals surface area contributed by atoms with Crippen molar-refractivity contribution in [1.82, 2.24) is 4.31 Å². The third-order valence-corrected chi connectivity index (χ3v) is 5.06. The zero-order chi connectivity index (χ0) is 14.8. The summed E-state index contributed by atoms with van der Waals surface area (Å²) in [6, 6.07) is 3.17. The number of nitrogens with zero attached hydrogens (tertiary/aromatic N) is 1. The third-order valence-electron chi connectivity index (χ3n) is 2.94. The highest BCUT2D eigenvalue weighted by atomic mass is 32.2. The predicted octanol–water partition coefficient (Wildman–Crippen LogP) is 1.47. The zero-order valence-electron chi connectivity index (χ0n) is 11.1. The highest BCUT2D eigenvalue weighted by molar-refractivity contribution is 7.89. The molecule has 106 valence electrons. The second-order valence-electron chi connectivity index (χ2n) is 4.51. The van der Waals surface area contributed by atoms with Crippen molar-refractivity contribution in [2.24, 2.45) is 5.73 Å². The Labute approximate surface area is 112 Å². The van der Waals surface area contributed by atoms with Gasteiger partial charge in [0.15, 0.2) is 0 Å². The predicted molar refractivity (Wildman–Crippen MR) is 72.1 cm³/mol. The van der Waals surface area contributed by atoms with Crippen LogP contribution in [-0.4, -0.2) is 31.6 Å². The second-order valence-corrected chi connectivity index (χ2v) is 6.48. The van der Waals surface area contributed by atoms with Gasteiger partial charge in [-0.05, 0) is 31.5 Å². The van der Waals surface area contributed by atoms with Crippen molar-refractivity contribution in [2.45, 2.75) is 31.2 Å². The van der Waals surface area contributed by atoms with E-state index in [9.17, 15) is 12.8 Å². The van der Waals surface area contributed by atoms with Gasteiger partial charge in [0, 0.05) is 19.5 Å². The average molecular weight is 287 g/mol. The van der Waals surface area contributed by atoms with Crippen LogP contribution in [-0.2, 0) is 10.0 Å². The van der Waals surface area contributed by atoms with Crippen LogP contribution in [0, 0.1) is 18.2 Å². The van der Waals surface area contributed by atoms with Gasteiger partial charge >= 0.3 is 0 Å². The van der Waals surface area contributed by atoms with Crippen molar-refractivity contribution in [3.05, 3.63) is 29.6 Å². The molecule has 0 fully saturated rings. The molecule has 0 radical (unpaired) electrons. The Bertz CT molecular complexity index is 587. The highest BCUT2D eigenvalue weighted by Gasteiger charge is 2.27. The van der Waals surface area contributed by atoms with Crippen molar-refractivity contribution in [3.63, 3.8) is 0 Å². The molecule has 1 atom stereocenters. The fourth-order valence-corrected chi connectivity index (χ4v) is 3.29. The number of hydrogen-bond donors (Lipinski definition) is 2. The minimum Gasteiger partial charge on any atom is -0.388 e. The number of rotatable bonds is 5. The largest absolute Gasteiger partial charge is 0.388 e. The number of halogens is 1. The third kappa shape index (κ3) is 3.51. The first-order chi connectivity index (χ1) is 8.66. The monoisotopic (exact) mass is 287 g/mol. The summed E-state index contributed by atoms with van der Waals surface area (Å²) in [5.41, 5.74) is 5.74. The Kier molecular flexibility index (Phi) is 4.65. The summed E-state index contributed by atoms with van der Waals surface area (Å²) in [5.74, 6) is -0.692. The molecule has 0 aliphatic carbocycles. The van der Waals surface area contributed by atoms with Crippen LogP contribution in [0.5, 0.6) is 0 Å². The van der Waals surface area contributed by atoms with Crippen molar-refractivity contribution in [2.75, 3.05) is 7.05 Å². The molecule has 1 aromatic carbocycles. The summed E-state index contributed by atoms with van der Waals surface area (Å²) in [6.07, 6.45) is 0.129. The van der Waals surface area contributed by atoms with E-state index in [1.165, 1.54) is 19.2 Å². The van der Waals surface area contributed by atoms with Gasteiger partial charge in [-0.2, -0.15) is 4.31 Å². The molecule has 0 saturated carbocycles. The first-order valence-electron chi connectivity index (χ1n) is 5.73. The van der Waals surface area contributed by atoms with Crippen LogP contribution in [0.2, 0.25) is 0 Å². The van der Waals surface area contributed by atoms with Crippen LogP contribution >= 0.6 is 0 Å². The van der Waals surface area contributed by atoms with Gasteiger partial charge in [-0.1, -0.05) is 6.07 Å². The Balaban J connectivity index is 3.16. The maximum Gasteiger partial charge on any atom is 0.243 e. The summed E-state index contributed by atoms with van der Waals surface area (Å²) in [6.45, 7) is 3.25. The average Bonchev–Trinajstić information content (AvgIpc) is 2.30. The van der Waals surface area contributed by atoms with Gasteiger partial charge in [-0.15, -0.1) is 0 Å². The Morgan fingerprint density at radius 2 is 2.11 bits per heavy atom. The number of sulfonamides is 1. The van der Waals surface area contributed by atoms with Crippen molar-refractivity contribution in [1.29, 1.82) is 5.41 Å². The van der Waals surface area contributed by atoms with E-state index in [0.717, 1.165) is 10.4 Å². The number of benzene rings is 1. The van der Waals surface area contributed by atoms with Gasteiger partial charge < -0.3 is 5.73 Å². The molecule has 3 N–H and O–H groups in total. The van der Waals surface area contributed by atoms with Crippen LogP contribution in [0.1, 0.15) is 18.9 Å². The molecule has 0 aliphatic rings. The molecule has 1 unspecified atom stereocenters. The molecule has 0 aliphatic heterocycles. The molecule has 0 aromatic heterocycles. The summed E-state index contributed by atoms with van der Waals surface area (Å²) in [4.78, 5) is -0.0644. The van der Waals surface area contributed by atoms with Gasteiger partial charge in [-0.25, -0.2) is 12.8 Å². The molecule has 0 bridgehead atoms. The minimum absolute atomic E-state index is 0.0644. The number of nitrogens with one attached hydrogen (secondary N) is 1. The lowest BCUT2D eigenvalue weighted by Gasteiger charge is -2.24. The van der Waals surface area contributed by atoms with Gasteiger partial charge in [0.25, 0.3) is 0 Å². The first kappa shape index (κ1) is 15.6. The van der Waals surface area contributed by atoms with Crippen LogP contribution < -0.4 is 5.73 Å². The van der Waals surface area contributed by atoms with E-state index in [-0.39, 0.29) is 17.2 Å². The van der Waals surface area contributed by atoms with E-state index < -0.39 is 21.9 Å². The standard InChI is InChI=1S/C12H18FN3O2S/c1-8-4-5-10(13)7-11(8)19(17,18)16(3)9(2)6-12(14)15/h4-5,7,9H,6H2,1-3H3,(H3,14,15). The van der Waals surface area contributed by atoms with Gasteiger partial charge in [0.1, 0.15) is 5.82 Å². The second kappa shape index (κ2) is 5.66. The maximum absolute atomic E-state index is 13.2. The summed E-state index contributed by atoms with van der Waals surface area (Å²) in [5, 5.41) is 7.20. The minimum atomic E-state index is -3.80. The molecule has 0 spiro atoms. The summed E-state index contributed by atoms with van der Waals surface area (Å²) < 4.78 is 39.1. The summed E-state index contributed by atoms with van der Waals surface area (Å²) >= 11 is 0. The van der Waals surface area contributed by atoms with E-state index in [2.05, 4.69) is 0 Å². The number of nitrogens with two attached hydrogens (primary N) is 1. The van der Waals surface area contributed by atoms with Crippen molar-refractivity contribution in [3.8, 4) is 0 Å². The molecule has 0 heterocycles. The molecule has 0 saturated heterocycles. The maximum atomic E-state index is 13.2. The number of hydrogen-bond acceptors (Lipinski definition) is 3. The Morgan fingerprint density at radius 3 is 2.63 bits per heavy atom. The fraction of sp³-hybridized carbons (Fsp3) is 0.417. The fourth-order valence-electron chi connectivity index (χ4n) is 1.69. The van der Waals surface area contributed by atoms with E-state index in [1.807, 2.05) is 0 Å². The molecule has 1 aromatic rings. The number of aryl methyl sites for hydroxylation is 1. The Hall–Kier alpha value is -1.47. The van der Waals surface area contributed by atoms with E-state index in [4.69, 9.17) is 11.1 Å². The molecule has 5 nitrogen and oxygen atoms in total. The van der Waals surface area contributed by atoms with Crippen molar-refractivity contribution >= 4 is 15.9 Å². The van der Waals surface area contributed by atoms with Gasteiger partial charge in [0.2, 0.25) is 10.0 Å². The topological polar surface area (TPSA) is 87.2 Å². The lowest BCUT2D eigenvalue weighted by atomic mass is 10.2. The van der Waals surface area contributed by atoms with Crippen LogP contribution in [0.15, 0.2) is 23.1 Å². The first-order valence-corrected chi connectivity index (χ1v) is 7.17. The smallest absolute Gasteiger partial charge is 0.243 e. The molecule has 1 rings (SSSR count). The number of amidine groups is 1. The normalized spacial score (nSPS) is 13.5. The highest BCUT2D eigenvalue weighted by Crippen LogP contribution is 2.22. The molecule has 0 amide bonds. The lowest BCUT2D eigenvalue weighted by molar-refractivity contribution is 0.395. The van der Waals surface area contributed by atoms with Crippen LogP contribution in [0.3, 0.4) is 0 Å². The van der Waals surface area contributed by atoms with Gasteiger partial charge in [0.05, 0.1) is 10.7 Å². The van der Waals surface area contributed by atoms with E-state index in [0.29, 0.717) is 5.56 Å². The quantitative estimate of drug-likeness (QED) is 0.635. The lowest BCUT2D eigenvalue weighted by Crippen LogP contribution is -2.37. The van der Waals surface area contributed by atoms with Crippen molar-refractivity contribution < 1.29 is 12.8 Å². The molecule has 7 heteroatoms.